The molecular formula is C16H13Br2N3O2. The summed E-state index contributed by atoms with van der Waals surface area (Å²) in [6.07, 6.45) is 4.16. The van der Waals surface area contributed by atoms with Crippen molar-refractivity contribution in [2.75, 3.05) is 0 Å². The van der Waals surface area contributed by atoms with Crippen molar-refractivity contribution in [2.24, 2.45) is 11.8 Å². The van der Waals surface area contributed by atoms with Crippen LogP contribution in [0.5, 0.6) is 0 Å². The molecule has 6 rings (SSSR count). The van der Waals surface area contributed by atoms with E-state index in [1.807, 2.05) is 18.2 Å². The van der Waals surface area contributed by atoms with E-state index in [1.165, 1.54) is 4.57 Å². The van der Waals surface area contributed by atoms with Crippen LogP contribution in [0.1, 0.15) is 12.1 Å². The number of rotatable bonds is 1. The minimum Gasteiger partial charge on any atom is -0.245 e. The van der Waals surface area contributed by atoms with Crippen LogP contribution in [-0.2, 0) is 0 Å². The molecule has 0 amide bonds. The second kappa shape index (κ2) is 4.60. The number of aromatic nitrogens is 3. The van der Waals surface area contributed by atoms with Gasteiger partial charge in [0.25, 0.3) is 0 Å². The Balaban J connectivity index is 1.78. The molecule has 0 spiro atoms. The summed E-state index contributed by atoms with van der Waals surface area (Å²) < 4.78 is 4.58. The van der Waals surface area contributed by atoms with Gasteiger partial charge in [-0.2, -0.15) is 0 Å². The molecule has 1 aromatic carbocycles. The largest absolute Gasteiger partial charge is 0.352 e. The maximum Gasteiger partial charge on any atom is 0.352 e. The summed E-state index contributed by atoms with van der Waals surface area (Å²) >= 11 is 7.45. The van der Waals surface area contributed by atoms with E-state index in [0.717, 1.165) is 0 Å². The topological polar surface area (TPSA) is 48.9 Å². The minimum atomic E-state index is -0.253. The first kappa shape index (κ1) is 14.0. The number of alkyl halides is 2. The first-order valence-corrected chi connectivity index (χ1v) is 9.42. The summed E-state index contributed by atoms with van der Waals surface area (Å²) in [6.45, 7) is 0. The summed E-state index contributed by atoms with van der Waals surface area (Å²) in [6, 6.07) is 9.00. The second-order valence-corrected chi connectivity index (χ2v) is 8.45. The molecule has 1 aromatic heterocycles. The van der Waals surface area contributed by atoms with Crippen molar-refractivity contribution in [3.63, 3.8) is 0 Å². The van der Waals surface area contributed by atoms with Crippen LogP contribution >= 0.6 is 31.9 Å². The molecule has 4 aliphatic rings. The molecule has 6 atom stereocenters. The van der Waals surface area contributed by atoms with Gasteiger partial charge in [0.1, 0.15) is 0 Å². The van der Waals surface area contributed by atoms with Gasteiger partial charge in [-0.3, -0.25) is 0 Å². The van der Waals surface area contributed by atoms with Crippen LogP contribution in [0.25, 0.3) is 5.69 Å². The predicted molar refractivity (Wildman–Crippen MR) is 93.9 cm³/mol. The highest BCUT2D eigenvalue weighted by atomic mass is 79.9. The molecule has 7 heteroatoms. The van der Waals surface area contributed by atoms with Crippen molar-refractivity contribution >= 4 is 31.9 Å². The molecule has 2 aliphatic heterocycles. The third kappa shape index (κ3) is 1.57. The molecule has 2 aromatic rings. The first-order chi connectivity index (χ1) is 11.1. The van der Waals surface area contributed by atoms with Crippen LogP contribution < -0.4 is 11.4 Å². The summed E-state index contributed by atoms with van der Waals surface area (Å²) in [5, 5.41) is 0. The Hall–Kier alpha value is -1.34. The summed E-state index contributed by atoms with van der Waals surface area (Å²) in [4.78, 5) is 26.5. The highest BCUT2D eigenvalue weighted by molar-refractivity contribution is 9.12. The fourth-order valence-corrected chi connectivity index (χ4v) is 6.36. The Labute approximate surface area is 148 Å². The normalized spacial score (nSPS) is 36.4. The maximum absolute atomic E-state index is 12.9. The number of halogens is 2. The van der Waals surface area contributed by atoms with Gasteiger partial charge in [-0.05, 0) is 12.1 Å². The SMILES string of the molecule is O=c1n(-c2ccccc2)c(=O)n2n1[C@@H]1C=C[C@H]2[C@H]2[C@H](Br)[C@H](Br)[C@@H]21. The zero-order valence-corrected chi connectivity index (χ0v) is 15.1. The Morgan fingerprint density at radius 3 is 1.74 bits per heavy atom. The van der Waals surface area contributed by atoms with Crippen LogP contribution in [0.3, 0.4) is 0 Å². The van der Waals surface area contributed by atoms with Gasteiger partial charge in [-0.25, -0.2) is 23.5 Å². The van der Waals surface area contributed by atoms with Gasteiger partial charge in [-0.1, -0.05) is 62.2 Å². The van der Waals surface area contributed by atoms with E-state index in [2.05, 4.69) is 44.0 Å². The quantitative estimate of drug-likeness (QED) is 0.506. The van der Waals surface area contributed by atoms with Gasteiger partial charge < -0.3 is 0 Å². The van der Waals surface area contributed by atoms with E-state index < -0.39 is 0 Å². The van der Waals surface area contributed by atoms with Crippen LogP contribution in [0, 0.1) is 11.8 Å². The number of benzene rings is 1. The minimum absolute atomic E-state index is 0.0617. The molecule has 23 heavy (non-hydrogen) atoms. The van der Waals surface area contributed by atoms with Crippen LogP contribution in [0.2, 0.25) is 0 Å². The van der Waals surface area contributed by atoms with Gasteiger partial charge in [-0.15, -0.1) is 0 Å². The van der Waals surface area contributed by atoms with E-state index in [0.29, 0.717) is 27.2 Å². The molecule has 2 aliphatic carbocycles. The molecule has 0 unspecified atom stereocenters. The fraction of sp³-hybridized carbons (Fsp3) is 0.375. The second-order valence-electron chi connectivity index (χ2n) is 6.33. The summed E-state index contributed by atoms with van der Waals surface area (Å²) in [5.74, 6) is 0.691. The van der Waals surface area contributed by atoms with Crippen molar-refractivity contribution in [3.8, 4) is 5.69 Å². The molecule has 3 heterocycles. The van der Waals surface area contributed by atoms with Crippen LogP contribution in [0.4, 0.5) is 0 Å². The van der Waals surface area contributed by atoms with E-state index in [-0.39, 0.29) is 23.5 Å². The zero-order valence-electron chi connectivity index (χ0n) is 11.9. The number of hydrogen-bond donors (Lipinski definition) is 0. The Bertz CT molecular complexity index is 887. The lowest BCUT2D eigenvalue weighted by Gasteiger charge is -2.57. The lowest BCUT2D eigenvalue weighted by molar-refractivity contribution is 0.0346. The Morgan fingerprint density at radius 1 is 0.783 bits per heavy atom. The monoisotopic (exact) mass is 437 g/mol. The average molecular weight is 439 g/mol. The molecule has 118 valence electrons. The number of hydrogen-bond acceptors (Lipinski definition) is 2. The van der Waals surface area contributed by atoms with Gasteiger partial charge in [0, 0.05) is 21.5 Å². The van der Waals surface area contributed by atoms with E-state index in [9.17, 15) is 9.59 Å². The first-order valence-electron chi connectivity index (χ1n) is 7.59. The molecule has 2 bridgehead atoms. The number of allylic oxidation sites excluding steroid dienone is 2. The van der Waals surface area contributed by atoms with Crippen molar-refractivity contribution < 1.29 is 0 Å². The molecule has 0 N–H and O–H groups in total. The molecule has 1 fully saturated rings. The standard InChI is InChI=1S/C16H13Br2N3O2/c17-13-11-9-6-7-10(12(11)14(13)18)21-16(23)19(15(22)20(9)21)8-4-2-1-3-5-8/h1-7,9-14H/t9-,10+,11-,12-,13-,14+/m1/s1. The molecule has 5 nitrogen and oxygen atoms in total. The maximum atomic E-state index is 12.9. The lowest BCUT2D eigenvalue weighted by atomic mass is 9.62. The third-order valence-electron chi connectivity index (χ3n) is 5.36. The van der Waals surface area contributed by atoms with Crippen molar-refractivity contribution in [1.82, 2.24) is 13.9 Å². The van der Waals surface area contributed by atoms with Gasteiger partial charge in [0.2, 0.25) is 0 Å². The third-order valence-corrected chi connectivity index (χ3v) is 8.43. The van der Waals surface area contributed by atoms with E-state index in [1.54, 1.807) is 21.5 Å². The number of para-hydroxylation sites is 1. The van der Waals surface area contributed by atoms with Gasteiger partial charge in [0.05, 0.1) is 17.8 Å². The molecule has 0 saturated heterocycles. The highest BCUT2D eigenvalue weighted by Crippen LogP contribution is 2.59. The van der Waals surface area contributed by atoms with Crippen molar-refractivity contribution in [1.29, 1.82) is 0 Å². The Morgan fingerprint density at radius 2 is 1.26 bits per heavy atom. The smallest absolute Gasteiger partial charge is 0.245 e. The van der Waals surface area contributed by atoms with Crippen molar-refractivity contribution in [2.45, 2.75) is 21.7 Å². The highest BCUT2D eigenvalue weighted by Gasteiger charge is 2.60. The Kier molecular flexibility index (Phi) is 2.81. The number of nitrogens with zero attached hydrogens (tertiary/aromatic N) is 3. The zero-order chi connectivity index (χ0) is 15.9. The molecule has 1 saturated carbocycles. The predicted octanol–water partition coefficient (Wildman–Crippen LogP) is 2.24. The van der Waals surface area contributed by atoms with Crippen molar-refractivity contribution in [3.05, 3.63) is 63.5 Å². The summed E-state index contributed by atoms with van der Waals surface area (Å²) in [5.41, 5.74) is 0.114. The summed E-state index contributed by atoms with van der Waals surface area (Å²) in [7, 11) is 0. The molecule has 0 radical (unpaired) electrons. The average Bonchev–Trinajstić information content (AvgIpc) is 2.87. The van der Waals surface area contributed by atoms with Gasteiger partial charge >= 0.3 is 11.4 Å². The fourth-order valence-electron chi connectivity index (χ4n) is 4.32. The van der Waals surface area contributed by atoms with Crippen LogP contribution in [-0.4, -0.2) is 23.6 Å². The lowest BCUT2D eigenvalue weighted by Crippen LogP contribution is -2.63. The molecular weight excluding hydrogens is 426 g/mol. The van der Waals surface area contributed by atoms with Crippen LogP contribution in [0.15, 0.2) is 52.1 Å². The van der Waals surface area contributed by atoms with E-state index in [4.69, 9.17) is 0 Å². The van der Waals surface area contributed by atoms with Gasteiger partial charge in [0.15, 0.2) is 0 Å². The van der Waals surface area contributed by atoms with E-state index >= 15 is 0 Å².